The molecule has 1 nitrogen and oxygen atoms in total. The van der Waals surface area contributed by atoms with E-state index in [4.69, 9.17) is 4.74 Å². The maximum atomic E-state index is 6.24. The third-order valence-electron chi connectivity index (χ3n) is 4.11. The summed E-state index contributed by atoms with van der Waals surface area (Å²) < 4.78 is 7.22. The first-order chi connectivity index (χ1) is 10.0. The Morgan fingerprint density at radius 3 is 2.19 bits per heavy atom. The molecule has 0 aliphatic heterocycles. The van der Waals surface area contributed by atoms with Crippen molar-refractivity contribution < 1.29 is 4.74 Å². The van der Waals surface area contributed by atoms with Crippen molar-refractivity contribution in [2.45, 2.75) is 71.3 Å². The summed E-state index contributed by atoms with van der Waals surface area (Å²) in [6, 6.07) is 8.97. The van der Waals surface area contributed by atoms with Gasteiger partial charge in [0, 0.05) is 11.0 Å². The zero-order valence-electron chi connectivity index (χ0n) is 14.1. The molecule has 0 saturated carbocycles. The minimum atomic E-state index is -0.152. The molecule has 1 atom stereocenters. The largest absolute Gasteiger partial charge is 0.370 e. The molecule has 0 radical (unpaired) electrons. The van der Waals surface area contributed by atoms with Crippen molar-refractivity contribution in [3.8, 4) is 0 Å². The van der Waals surface area contributed by atoms with Gasteiger partial charge in [0.2, 0.25) is 0 Å². The Morgan fingerprint density at radius 2 is 1.67 bits per heavy atom. The number of ether oxygens (including phenoxy) is 1. The predicted octanol–water partition coefficient (Wildman–Crippen LogP) is 6.45. The molecule has 0 aliphatic carbocycles. The minimum Gasteiger partial charge on any atom is -0.370 e. The summed E-state index contributed by atoms with van der Waals surface area (Å²) in [5.41, 5.74) is 2.55. The quantitative estimate of drug-likeness (QED) is 0.248. The Bertz CT molecular complexity index is 385. The van der Waals surface area contributed by atoms with Crippen molar-refractivity contribution in [2.24, 2.45) is 0 Å². The molecule has 0 spiro atoms. The second-order valence-electron chi connectivity index (χ2n) is 6.40. The first-order valence-corrected chi connectivity index (χ1v) is 9.86. The predicted molar refractivity (Wildman–Crippen MR) is 101 cm³/mol. The van der Waals surface area contributed by atoms with Crippen LogP contribution < -0.4 is 0 Å². The Labute approximate surface area is 145 Å². The van der Waals surface area contributed by atoms with E-state index < -0.39 is 0 Å². The van der Waals surface area contributed by atoms with Crippen molar-refractivity contribution in [3.05, 3.63) is 35.4 Å². The fourth-order valence-electron chi connectivity index (χ4n) is 2.42. The van der Waals surface area contributed by atoms with Gasteiger partial charge in [-0.3, -0.25) is 0 Å². The van der Waals surface area contributed by atoms with E-state index >= 15 is 0 Å². The molecule has 120 valence electrons. The zero-order valence-corrected chi connectivity index (χ0v) is 16.3. The van der Waals surface area contributed by atoms with Crippen LogP contribution in [0.4, 0.5) is 0 Å². The maximum absolute atomic E-state index is 6.24. The van der Waals surface area contributed by atoms with E-state index in [1.165, 1.54) is 43.2 Å². The Balaban J connectivity index is 2.54. The molecular formula is C19H31IO. The number of hydrogen-bond acceptors (Lipinski definition) is 1. The first kappa shape index (κ1) is 19.0. The number of unbranched alkanes of at least 4 members (excludes halogenated alkanes) is 4. The summed E-state index contributed by atoms with van der Waals surface area (Å²) >= 11 is 2.44. The number of rotatable bonds is 10. The van der Waals surface area contributed by atoms with Gasteiger partial charge in [-0.1, -0.05) is 93.3 Å². The van der Waals surface area contributed by atoms with Gasteiger partial charge in [-0.2, -0.15) is 0 Å². The van der Waals surface area contributed by atoms with Gasteiger partial charge in [-0.25, -0.2) is 0 Å². The molecule has 0 bridgehead atoms. The number of halogens is 1. The van der Waals surface area contributed by atoms with Crippen LogP contribution >= 0.6 is 22.6 Å². The number of benzene rings is 1. The van der Waals surface area contributed by atoms with E-state index in [1.807, 2.05) is 0 Å². The van der Waals surface area contributed by atoms with Gasteiger partial charge in [-0.05, 0) is 30.4 Å². The number of alkyl halides is 1. The SMILES string of the molecule is CCCCCCCOC(C)(CI)c1ccc(C(C)C)cc1. The van der Waals surface area contributed by atoms with E-state index in [9.17, 15) is 0 Å². The standard InChI is InChI=1S/C19H31IO/c1-5-6-7-8-9-14-21-19(4,15-20)18-12-10-17(11-13-18)16(2)3/h10-13,16H,5-9,14-15H2,1-4H3. The highest BCUT2D eigenvalue weighted by Crippen LogP contribution is 2.29. The normalized spacial score (nSPS) is 14.4. The third-order valence-corrected chi connectivity index (χ3v) is 5.57. The fraction of sp³-hybridized carbons (Fsp3) is 0.684. The van der Waals surface area contributed by atoms with Crippen molar-refractivity contribution >= 4 is 22.6 Å². The van der Waals surface area contributed by atoms with Gasteiger partial charge in [-0.15, -0.1) is 0 Å². The van der Waals surface area contributed by atoms with Gasteiger partial charge in [0.05, 0.1) is 5.60 Å². The molecular weight excluding hydrogens is 371 g/mol. The van der Waals surface area contributed by atoms with Crippen molar-refractivity contribution in [1.82, 2.24) is 0 Å². The van der Waals surface area contributed by atoms with Crippen LogP contribution in [0.25, 0.3) is 0 Å². The zero-order chi connectivity index (χ0) is 15.7. The maximum Gasteiger partial charge on any atom is 0.0992 e. The fourth-order valence-corrected chi connectivity index (χ4v) is 3.08. The van der Waals surface area contributed by atoms with E-state index in [0.717, 1.165) is 11.0 Å². The molecule has 0 saturated heterocycles. The molecule has 0 fully saturated rings. The van der Waals surface area contributed by atoms with E-state index in [-0.39, 0.29) is 5.60 Å². The van der Waals surface area contributed by atoms with Crippen LogP contribution in [0.1, 0.15) is 76.8 Å². The second-order valence-corrected chi connectivity index (χ2v) is 7.17. The average Bonchev–Trinajstić information content (AvgIpc) is 2.50. The molecule has 2 heteroatoms. The summed E-state index contributed by atoms with van der Waals surface area (Å²) in [4.78, 5) is 0. The molecule has 1 aromatic rings. The van der Waals surface area contributed by atoms with Crippen LogP contribution in [0.5, 0.6) is 0 Å². The van der Waals surface area contributed by atoms with Crippen LogP contribution in [-0.4, -0.2) is 11.0 Å². The van der Waals surface area contributed by atoms with Gasteiger partial charge in [0.25, 0.3) is 0 Å². The Morgan fingerprint density at radius 1 is 1.05 bits per heavy atom. The van der Waals surface area contributed by atoms with E-state index in [2.05, 4.69) is 74.6 Å². The average molecular weight is 402 g/mol. The number of hydrogen-bond donors (Lipinski definition) is 0. The molecule has 1 unspecified atom stereocenters. The van der Waals surface area contributed by atoms with Crippen molar-refractivity contribution in [3.63, 3.8) is 0 Å². The first-order valence-electron chi connectivity index (χ1n) is 8.34. The molecule has 0 heterocycles. The van der Waals surface area contributed by atoms with Crippen LogP contribution in [-0.2, 0) is 10.3 Å². The lowest BCUT2D eigenvalue weighted by Crippen LogP contribution is -2.28. The molecule has 0 amide bonds. The van der Waals surface area contributed by atoms with Crippen molar-refractivity contribution in [1.29, 1.82) is 0 Å². The van der Waals surface area contributed by atoms with E-state index in [1.54, 1.807) is 0 Å². The lowest BCUT2D eigenvalue weighted by Gasteiger charge is -2.29. The molecule has 1 aromatic carbocycles. The topological polar surface area (TPSA) is 9.23 Å². The summed E-state index contributed by atoms with van der Waals surface area (Å²) in [6.07, 6.45) is 6.45. The molecule has 0 N–H and O–H groups in total. The lowest BCUT2D eigenvalue weighted by molar-refractivity contribution is -0.0173. The van der Waals surface area contributed by atoms with E-state index in [0.29, 0.717) is 5.92 Å². The highest BCUT2D eigenvalue weighted by molar-refractivity contribution is 14.1. The van der Waals surface area contributed by atoms with Crippen LogP contribution in [0.2, 0.25) is 0 Å². The van der Waals surface area contributed by atoms with Crippen molar-refractivity contribution in [2.75, 3.05) is 11.0 Å². The molecule has 0 aliphatic rings. The second kappa shape index (κ2) is 9.83. The Hall–Kier alpha value is -0.0900. The molecule has 21 heavy (non-hydrogen) atoms. The Kier molecular flexibility index (Phi) is 8.88. The van der Waals surface area contributed by atoms with Gasteiger partial charge in [0.1, 0.15) is 0 Å². The van der Waals surface area contributed by atoms with Crippen LogP contribution in [0, 0.1) is 0 Å². The highest BCUT2D eigenvalue weighted by Gasteiger charge is 2.26. The summed E-state index contributed by atoms with van der Waals surface area (Å²) in [6.45, 7) is 9.81. The third kappa shape index (κ3) is 6.27. The van der Waals surface area contributed by atoms with Gasteiger partial charge in [0.15, 0.2) is 0 Å². The monoisotopic (exact) mass is 402 g/mol. The smallest absolute Gasteiger partial charge is 0.0992 e. The van der Waals surface area contributed by atoms with Crippen LogP contribution in [0.3, 0.4) is 0 Å². The van der Waals surface area contributed by atoms with Gasteiger partial charge >= 0.3 is 0 Å². The van der Waals surface area contributed by atoms with Crippen LogP contribution in [0.15, 0.2) is 24.3 Å². The highest BCUT2D eigenvalue weighted by atomic mass is 127. The molecule has 0 aromatic heterocycles. The summed E-state index contributed by atoms with van der Waals surface area (Å²) in [5.74, 6) is 0.587. The minimum absolute atomic E-state index is 0.152. The summed E-state index contributed by atoms with van der Waals surface area (Å²) in [5, 5.41) is 0. The lowest BCUT2D eigenvalue weighted by atomic mass is 9.94. The van der Waals surface area contributed by atoms with Gasteiger partial charge < -0.3 is 4.74 Å². The molecule has 1 rings (SSSR count). The summed E-state index contributed by atoms with van der Waals surface area (Å²) in [7, 11) is 0.